The first-order chi connectivity index (χ1) is 14.1. The van der Waals surface area contributed by atoms with E-state index in [0.717, 1.165) is 48.5 Å². The van der Waals surface area contributed by atoms with Crippen molar-refractivity contribution >= 4 is 29.0 Å². The number of anilines is 1. The molecule has 7 nitrogen and oxygen atoms in total. The van der Waals surface area contributed by atoms with Crippen LogP contribution in [0.15, 0.2) is 24.3 Å². The molecule has 1 saturated carbocycles. The maximum atomic E-state index is 12.6. The van der Waals surface area contributed by atoms with Gasteiger partial charge in [-0.25, -0.2) is 4.79 Å². The summed E-state index contributed by atoms with van der Waals surface area (Å²) < 4.78 is 0. The van der Waals surface area contributed by atoms with Gasteiger partial charge < -0.3 is 15.5 Å². The molecule has 2 aliphatic rings. The summed E-state index contributed by atoms with van der Waals surface area (Å²) >= 11 is 1.32. The number of amides is 3. The molecular formula is C21H27N5O2S. The number of nitrogens with zero attached hydrogens (tertiary/aromatic N) is 3. The van der Waals surface area contributed by atoms with E-state index in [9.17, 15) is 9.59 Å². The van der Waals surface area contributed by atoms with Crippen molar-refractivity contribution in [2.24, 2.45) is 0 Å². The Bertz CT molecular complexity index is 860. The normalized spacial score (nSPS) is 19.9. The number of benzene rings is 1. The van der Waals surface area contributed by atoms with E-state index in [2.05, 4.69) is 20.8 Å². The Morgan fingerprint density at radius 3 is 2.59 bits per heavy atom. The first-order valence-corrected chi connectivity index (χ1v) is 11.2. The lowest BCUT2D eigenvalue weighted by Crippen LogP contribution is -2.47. The molecule has 2 aromatic rings. The van der Waals surface area contributed by atoms with E-state index >= 15 is 0 Å². The van der Waals surface area contributed by atoms with Gasteiger partial charge in [0.25, 0.3) is 5.91 Å². The molecule has 2 fully saturated rings. The fraction of sp³-hybridized carbons (Fsp3) is 0.524. The molecule has 1 atom stereocenters. The second-order valence-corrected chi connectivity index (χ2v) is 8.99. The number of nitrogens with one attached hydrogen (secondary N) is 2. The maximum absolute atomic E-state index is 12.6. The zero-order valence-corrected chi connectivity index (χ0v) is 17.5. The molecule has 29 heavy (non-hydrogen) atoms. The monoisotopic (exact) mass is 413 g/mol. The van der Waals surface area contributed by atoms with Crippen LogP contribution in [0.3, 0.4) is 0 Å². The van der Waals surface area contributed by atoms with Gasteiger partial charge in [0.05, 0.1) is 0 Å². The summed E-state index contributed by atoms with van der Waals surface area (Å²) in [5.41, 5.74) is 1.88. The van der Waals surface area contributed by atoms with Crippen LogP contribution in [0.25, 0.3) is 0 Å². The predicted molar refractivity (Wildman–Crippen MR) is 113 cm³/mol. The summed E-state index contributed by atoms with van der Waals surface area (Å²) in [6.45, 7) is 3.41. The Morgan fingerprint density at radius 2 is 1.83 bits per heavy atom. The van der Waals surface area contributed by atoms with E-state index in [0.29, 0.717) is 17.6 Å². The van der Waals surface area contributed by atoms with Gasteiger partial charge in [-0.05, 0) is 44.7 Å². The molecule has 154 valence electrons. The summed E-state index contributed by atoms with van der Waals surface area (Å²) in [4.78, 5) is 27.0. The van der Waals surface area contributed by atoms with Gasteiger partial charge >= 0.3 is 6.03 Å². The molecular weight excluding hydrogens is 386 g/mol. The number of urea groups is 1. The van der Waals surface area contributed by atoms with Crippen LogP contribution in [0, 0.1) is 6.92 Å². The summed E-state index contributed by atoms with van der Waals surface area (Å²) in [6.07, 6.45) is 6.46. The number of likely N-dealkylation sites (tertiary alicyclic amines) is 1. The van der Waals surface area contributed by atoms with Gasteiger partial charge in [0.2, 0.25) is 5.01 Å². The van der Waals surface area contributed by atoms with Gasteiger partial charge in [-0.2, -0.15) is 0 Å². The Hall–Kier alpha value is -2.48. The number of hydrogen-bond donors (Lipinski definition) is 2. The average Bonchev–Trinajstić information content (AvgIpc) is 3.42. The minimum Gasteiger partial charge on any atom is -0.335 e. The molecule has 1 unspecified atom stereocenters. The lowest BCUT2D eigenvalue weighted by atomic mass is 9.99. The number of aryl methyl sites for hydroxylation is 1. The largest absolute Gasteiger partial charge is 0.335 e. The summed E-state index contributed by atoms with van der Waals surface area (Å²) in [7, 11) is 0. The molecule has 4 rings (SSSR count). The molecule has 2 N–H and O–H groups in total. The van der Waals surface area contributed by atoms with Gasteiger partial charge in [-0.3, -0.25) is 4.79 Å². The van der Waals surface area contributed by atoms with Crippen LogP contribution in [0.2, 0.25) is 0 Å². The van der Waals surface area contributed by atoms with Crippen molar-refractivity contribution in [3.05, 3.63) is 39.8 Å². The highest BCUT2D eigenvalue weighted by molar-refractivity contribution is 7.13. The van der Waals surface area contributed by atoms with Crippen molar-refractivity contribution in [3.8, 4) is 0 Å². The van der Waals surface area contributed by atoms with Crippen LogP contribution in [0.4, 0.5) is 10.5 Å². The molecule has 1 aromatic heterocycles. The highest BCUT2D eigenvalue weighted by Gasteiger charge is 2.29. The molecule has 1 aliphatic carbocycles. The van der Waals surface area contributed by atoms with E-state index in [1.54, 1.807) is 0 Å². The zero-order chi connectivity index (χ0) is 20.2. The second kappa shape index (κ2) is 8.90. The van der Waals surface area contributed by atoms with Crippen molar-refractivity contribution in [1.82, 2.24) is 20.4 Å². The van der Waals surface area contributed by atoms with E-state index in [-0.39, 0.29) is 17.9 Å². The van der Waals surface area contributed by atoms with E-state index in [4.69, 9.17) is 0 Å². The summed E-state index contributed by atoms with van der Waals surface area (Å²) in [5, 5.41) is 15.6. The van der Waals surface area contributed by atoms with E-state index in [1.165, 1.54) is 24.2 Å². The van der Waals surface area contributed by atoms with Crippen LogP contribution in [0.5, 0.6) is 0 Å². The van der Waals surface area contributed by atoms with Gasteiger partial charge in [-0.1, -0.05) is 41.9 Å². The third kappa shape index (κ3) is 4.93. The highest BCUT2D eigenvalue weighted by atomic mass is 32.1. The minimum atomic E-state index is -0.246. The van der Waals surface area contributed by atoms with Crippen molar-refractivity contribution in [1.29, 1.82) is 0 Å². The highest BCUT2D eigenvalue weighted by Crippen LogP contribution is 2.29. The molecule has 1 aliphatic heterocycles. The van der Waals surface area contributed by atoms with Gasteiger partial charge in [0.15, 0.2) is 0 Å². The molecule has 1 saturated heterocycles. The quantitative estimate of drug-likeness (QED) is 0.795. The first kappa shape index (κ1) is 19.8. The van der Waals surface area contributed by atoms with Gasteiger partial charge in [-0.15, -0.1) is 10.2 Å². The number of carbonyl (C=O) groups excluding carboxylic acids is 2. The predicted octanol–water partition coefficient (Wildman–Crippen LogP) is 3.93. The summed E-state index contributed by atoms with van der Waals surface area (Å²) in [5.74, 6) is -0.110. The standard InChI is InChI=1S/C21H27N5O2S/c1-14-8-10-17(11-9-14)22-18(27)20-25-24-19(29-20)15-5-4-12-26(13-15)21(28)23-16-6-2-3-7-16/h8-11,15-16H,2-7,12-13H2,1H3,(H,22,27)(H,23,28). The van der Waals surface area contributed by atoms with Crippen LogP contribution in [-0.4, -0.2) is 46.2 Å². The van der Waals surface area contributed by atoms with Gasteiger partial charge in [0, 0.05) is 30.7 Å². The lowest BCUT2D eigenvalue weighted by Gasteiger charge is -2.32. The third-order valence-corrected chi connectivity index (χ3v) is 6.77. The molecule has 0 spiro atoms. The smallest absolute Gasteiger partial charge is 0.317 e. The fourth-order valence-electron chi connectivity index (χ4n) is 4.01. The lowest BCUT2D eigenvalue weighted by molar-refractivity contribution is 0.102. The van der Waals surface area contributed by atoms with Crippen molar-refractivity contribution < 1.29 is 9.59 Å². The van der Waals surface area contributed by atoms with Crippen LogP contribution in [0.1, 0.15) is 64.8 Å². The number of aromatic nitrogens is 2. The minimum absolute atomic E-state index is 0.0310. The second-order valence-electron chi connectivity index (χ2n) is 7.98. The van der Waals surface area contributed by atoms with E-state index in [1.807, 2.05) is 36.1 Å². The molecule has 1 aromatic carbocycles. The Kier molecular flexibility index (Phi) is 6.08. The molecule has 8 heteroatoms. The molecule has 0 bridgehead atoms. The average molecular weight is 414 g/mol. The third-order valence-electron chi connectivity index (χ3n) is 5.68. The Morgan fingerprint density at radius 1 is 1.07 bits per heavy atom. The van der Waals surface area contributed by atoms with Crippen molar-refractivity contribution in [2.75, 3.05) is 18.4 Å². The van der Waals surface area contributed by atoms with Crippen LogP contribution in [-0.2, 0) is 0 Å². The maximum Gasteiger partial charge on any atom is 0.317 e. The number of carbonyl (C=O) groups is 2. The SMILES string of the molecule is Cc1ccc(NC(=O)c2nnc(C3CCCN(C(=O)NC4CCCC4)C3)s2)cc1. The molecule has 2 heterocycles. The number of piperidine rings is 1. The number of hydrogen-bond acceptors (Lipinski definition) is 5. The van der Waals surface area contributed by atoms with Crippen LogP contribution < -0.4 is 10.6 Å². The molecule has 0 radical (unpaired) electrons. The summed E-state index contributed by atoms with van der Waals surface area (Å²) in [6, 6.07) is 8.00. The zero-order valence-electron chi connectivity index (χ0n) is 16.7. The molecule has 3 amide bonds. The van der Waals surface area contributed by atoms with Crippen LogP contribution >= 0.6 is 11.3 Å². The van der Waals surface area contributed by atoms with Gasteiger partial charge in [0.1, 0.15) is 5.01 Å². The van der Waals surface area contributed by atoms with E-state index < -0.39 is 0 Å². The fourth-order valence-corrected chi connectivity index (χ4v) is 4.88. The first-order valence-electron chi connectivity index (χ1n) is 10.4. The van der Waals surface area contributed by atoms with Crippen molar-refractivity contribution in [2.45, 2.75) is 57.4 Å². The Labute approximate surface area is 174 Å². The Balaban J connectivity index is 1.36. The van der Waals surface area contributed by atoms with Crippen molar-refractivity contribution in [3.63, 3.8) is 0 Å². The topological polar surface area (TPSA) is 87.2 Å². The number of rotatable bonds is 4.